The normalized spacial score (nSPS) is 22.2. The van der Waals surface area contributed by atoms with Crippen LogP contribution < -0.4 is 5.73 Å². The van der Waals surface area contributed by atoms with Gasteiger partial charge in [-0.05, 0) is 47.6 Å². The zero-order chi connectivity index (χ0) is 15.6. The Hall–Kier alpha value is -1.27. The van der Waals surface area contributed by atoms with Crippen molar-refractivity contribution in [2.24, 2.45) is 10.7 Å². The van der Waals surface area contributed by atoms with Crippen LogP contribution in [0.1, 0.15) is 41.5 Å². The molecule has 20 heavy (non-hydrogen) atoms. The lowest BCUT2D eigenvalue weighted by Crippen LogP contribution is -2.41. The molecule has 1 heterocycles. The van der Waals surface area contributed by atoms with E-state index in [0.29, 0.717) is 11.5 Å². The van der Waals surface area contributed by atoms with Crippen LogP contribution in [0.25, 0.3) is 0 Å². The molecule has 1 fully saturated rings. The molecule has 0 aromatic heterocycles. The van der Waals surface area contributed by atoms with E-state index in [1.807, 2.05) is 41.5 Å². The zero-order valence-electron chi connectivity index (χ0n) is 13.3. The van der Waals surface area contributed by atoms with Crippen LogP contribution in [-0.4, -0.2) is 30.3 Å². The van der Waals surface area contributed by atoms with Gasteiger partial charge in [-0.15, -0.1) is 0 Å². The first kappa shape index (κ1) is 16.8. The highest BCUT2D eigenvalue weighted by atomic mass is 16.7. The second-order valence-electron chi connectivity index (χ2n) is 6.06. The molecule has 0 radical (unpaired) electrons. The molecule has 0 unspecified atom stereocenters. The molecule has 0 aliphatic carbocycles. The summed E-state index contributed by atoms with van der Waals surface area (Å²) in [4.78, 5) is 4.15. The Bertz CT molecular complexity index is 412. The maximum atomic E-state index is 5.97. The summed E-state index contributed by atoms with van der Waals surface area (Å²) in [5.74, 6) is 0.416. The summed E-state index contributed by atoms with van der Waals surface area (Å²) in [7, 11) is -0.603. The minimum Gasteiger partial charge on any atom is -0.475 e. The van der Waals surface area contributed by atoms with E-state index >= 15 is 0 Å². The van der Waals surface area contributed by atoms with Gasteiger partial charge >= 0.3 is 7.12 Å². The molecule has 2 N–H and O–H groups in total. The molecule has 1 aliphatic rings. The van der Waals surface area contributed by atoms with Crippen molar-refractivity contribution in [2.75, 3.05) is 0 Å². The van der Waals surface area contributed by atoms with Gasteiger partial charge < -0.3 is 19.8 Å². The van der Waals surface area contributed by atoms with E-state index in [4.69, 9.17) is 19.8 Å². The molecule has 0 aromatic rings. The van der Waals surface area contributed by atoms with Gasteiger partial charge in [0.15, 0.2) is 0 Å². The molecule has 0 atom stereocenters. The average Bonchev–Trinajstić information content (AvgIpc) is 2.53. The van der Waals surface area contributed by atoms with E-state index in [-0.39, 0.29) is 6.10 Å². The molecule has 1 aliphatic heterocycles. The van der Waals surface area contributed by atoms with Gasteiger partial charge in [0.05, 0.1) is 22.9 Å². The topological polar surface area (TPSA) is 66.1 Å². The highest BCUT2D eigenvalue weighted by Gasteiger charge is 2.52. The van der Waals surface area contributed by atoms with Crippen molar-refractivity contribution < 1.29 is 14.0 Å². The van der Waals surface area contributed by atoms with Crippen LogP contribution >= 0.6 is 0 Å². The molecule has 0 bridgehead atoms. The third kappa shape index (κ3) is 3.87. The minimum absolute atomic E-state index is 0.0261. The second-order valence-corrected chi connectivity index (χ2v) is 6.06. The number of nitrogens with zero attached hydrogens (tertiary/aromatic N) is 1. The summed E-state index contributed by atoms with van der Waals surface area (Å²) in [5.41, 5.74) is 5.53. The first-order chi connectivity index (χ1) is 9.09. The number of hydrogen-bond donors (Lipinski definition) is 1. The van der Waals surface area contributed by atoms with Gasteiger partial charge in [-0.25, -0.2) is 4.99 Å². The lowest BCUT2D eigenvalue weighted by molar-refractivity contribution is 0.00578. The Balaban J connectivity index is 2.81. The van der Waals surface area contributed by atoms with Gasteiger partial charge in [0.25, 0.3) is 0 Å². The maximum absolute atomic E-state index is 5.97. The predicted molar refractivity (Wildman–Crippen MR) is 82.2 cm³/mol. The largest absolute Gasteiger partial charge is 0.513 e. The van der Waals surface area contributed by atoms with E-state index in [1.54, 1.807) is 0 Å². The molecular weight excluding hydrogens is 255 g/mol. The monoisotopic (exact) mass is 280 g/mol. The lowest BCUT2D eigenvalue weighted by atomic mass is 9.86. The first-order valence-electron chi connectivity index (χ1n) is 6.77. The van der Waals surface area contributed by atoms with E-state index < -0.39 is 18.3 Å². The van der Waals surface area contributed by atoms with Gasteiger partial charge in [0.2, 0.25) is 5.90 Å². The van der Waals surface area contributed by atoms with Crippen molar-refractivity contribution in [2.45, 2.75) is 58.8 Å². The molecule has 1 saturated heterocycles. The SMILES string of the molecule is C=C/C(=N\C=C(/N)B1OC(C)(C)C(C)(C)O1)OC(C)C. The highest BCUT2D eigenvalue weighted by Crippen LogP contribution is 2.37. The summed E-state index contributed by atoms with van der Waals surface area (Å²) < 4.78 is 17.1. The summed E-state index contributed by atoms with van der Waals surface area (Å²) in [5, 5.41) is 0. The van der Waals surface area contributed by atoms with Crippen LogP contribution in [0.3, 0.4) is 0 Å². The fraction of sp³-hybridized carbons (Fsp3) is 0.643. The fourth-order valence-corrected chi connectivity index (χ4v) is 1.55. The Kier molecular flexibility index (Phi) is 5.05. The molecule has 5 nitrogen and oxygen atoms in total. The van der Waals surface area contributed by atoms with E-state index in [2.05, 4.69) is 11.6 Å². The predicted octanol–water partition coefficient (Wildman–Crippen LogP) is 2.43. The number of nitrogens with two attached hydrogens (primary N) is 1. The first-order valence-corrected chi connectivity index (χ1v) is 6.77. The van der Waals surface area contributed by atoms with Crippen molar-refractivity contribution in [1.29, 1.82) is 0 Å². The third-order valence-corrected chi connectivity index (χ3v) is 3.40. The van der Waals surface area contributed by atoms with Gasteiger partial charge in [-0.3, -0.25) is 0 Å². The van der Waals surface area contributed by atoms with Crippen LogP contribution in [0.4, 0.5) is 0 Å². The van der Waals surface area contributed by atoms with Crippen LogP contribution in [0, 0.1) is 0 Å². The number of ether oxygens (including phenoxy) is 1. The fourth-order valence-electron chi connectivity index (χ4n) is 1.55. The molecule has 6 heteroatoms. The Morgan fingerprint density at radius 1 is 1.25 bits per heavy atom. The van der Waals surface area contributed by atoms with E-state index in [0.717, 1.165) is 0 Å². The molecule has 0 amide bonds. The maximum Gasteiger partial charge on any atom is 0.513 e. The molecule has 112 valence electrons. The molecule has 1 rings (SSSR count). The molecule has 0 saturated carbocycles. The van der Waals surface area contributed by atoms with E-state index in [9.17, 15) is 0 Å². The Morgan fingerprint density at radius 2 is 1.75 bits per heavy atom. The molecule has 0 aromatic carbocycles. The Morgan fingerprint density at radius 3 is 2.15 bits per heavy atom. The summed E-state index contributed by atoms with van der Waals surface area (Å²) >= 11 is 0. The van der Waals surface area contributed by atoms with Gasteiger partial charge in [-0.2, -0.15) is 0 Å². The number of aliphatic imine (C=N–C) groups is 1. The van der Waals surface area contributed by atoms with Gasteiger partial charge in [0.1, 0.15) is 0 Å². The van der Waals surface area contributed by atoms with Crippen LogP contribution in [0.5, 0.6) is 0 Å². The van der Waals surface area contributed by atoms with Gasteiger partial charge in [-0.1, -0.05) is 6.58 Å². The average molecular weight is 280 g/mol. The Labute approximate surface area is 122 Å². The van der Waals surface area contributed by atoms with Crippen LogP contribution in [0.15, 0.2) is 29.4 Å². The number of hydrogen-bond acceptors (Lipinski definition) is 5. The molecule has 0 spiro atoms. The molecular formula is C14H25BN2O3. The zero-order valence-corrected chi connectivity index (χ0v) is 13.3. The standard InChI is InChI=1S/C14H25BN2O3/c1-8-12(18-10(2)3)17-9-11(16)15-19-13(4,5)14(6,7)20-15/h8-10H,1,16H2,2-7H3/b11-9-,17-12+. The summed E-state index contributed by atoms with van der Waals surface area (Å²) in [6.45, 7) is 15.4. The van der Waals surface area contributed by atoms with Crippen LogP contribution in [-0.2, 0) is 14.0 Å². The van der Waals surface area contributed by atoms with Crippen molar-refractivity contribution in [3.8, 4) is 0 Å². The smallest absolute Gasteiger partial charge is 0.475 e. The number of rotatable bonds is 4. The van der Waals surface area contributed by atoms with Crippen molar-refractivity contribution in [3.05, 3.63) is 24.5 Å². The van der Waals surface area contributed by atoms with E-state index in [1.165, 1.54) is 12.3 Å². The highest BCUT2D eigenvalue weighted by molar-refractivity contribution is 6.54. The van der Waals surface area contributed by atoms with Crippen molar-refractivity contribution in [3.63, 3.8) is 0 Å². The summed E-state index contributed by atoms with van der Waals surface area (Å²) in [6.07, 6.45) is 3.05. The second kappa shape index (κ2) is 6.02. The minimum atomic E-state index is -0.603. The van der Waals surface area contributed by atoms with Crippen molar-refractivity contribution >= 4 is 13.0 Å². The summed E-state index contributed by atoms with van der Waals surface area (Å²) in [6, 6.07) is 0. The van der Waals surface area contributed by atoms with Gasteiger partial charge in [0, 0.05) is 6.20 Å². The quantitative estimate of drug-likeness (QED) is 0.488. The van der Waals surface area contributed by atoms with Crippen LogP contribution in [0.2, 0.25) is 0 Å². The van der Waals surface area contributed by atoms with Crippen molar-refractivity contribution in [1.82, 2.24) is 0 Å². The third-order valence-electron chi connectivity index (χ3n) is 3.40. The lowest BCUT2D eigenvalue weighted by Gasteiger charge is -2.32.